The predicted octanol–water partition coefficient (Wildman–Crippen LogP) is 0.835. The molecule has 1 aromatic rings. The Morgan fingerprint density at radius 1 is 1.54 bits per heavy atom. The Kier molecular flexibility index (Phi) is 2.97. The molecule has 0 aliphatic rings. The van der Waals surface area contributed by atoms with E-state index in [1.165, 1.54) is 0 Å². The van der Waals surface area contributed by atoms with Crippen LogP contribution in [0.3, 0.4) is 0 Å². The van der Waals surface area contributed by atoms with Gasteiger partial charge < -0.3 is 10.2 Å². The number of hydrogen-bond acceptors (Lipinski definition) is 3. The van der Waals surface area contributed by atoms with Gasteiger partial charge in [0.05, 0.1) is 12.3 Å². The smallest absolute Gasteiger partial charge is 0.354 e. The van der Waals surface area contributed by atoms with Crippen LogP contribution >= 0.6 is 0 Å². The SMILES string of the molecule is CCc1ccc(CO)nc1C(=O)O. The van der Waals surface area contributed by atoms with Gasteiger partial charge in [-0.1, -0.05) is 13.0 Å². The number of aryl methyl sites for hydroxylation is 1. The largest absolute Gasteiger partial charge is 0.477 e. The first-order chi connectivity index (χ1) is 6.19. The van der Waals surface area contributed by atoms with E-state index in [-0.39, 0.29) is 12.3 Å². The number of nitrogens with zero attached hydrogens (tertiary/aromatic N) is 1. The van der Waals surface area contributed by atoms with Gasteiger partial charge in [0.15, 0.2) is 5.69 Å². The lowest BCUT2D eigenvalue weighted by Gasteiger charge is -2.03. The molecule has 0 aliphatic carbocycles. The van der Waals surface area contributed by atoms with Gasteiger partial charge in [0.1, 0.15) is 0 Å². The minimum absolute atomic E-state index is 0.0362. The molecule has 0 radical (unpaired) electrons. The van der Waals surface area contributed by atoms with Gasteiger partial charge in [0, 0.05) is 0 Å². The zero-order valence-corrected chi connectivity index (χ0v) is 7.32. The predicted molar refractivity (Wildman–Crippen MR) is 46.5 cm³/mol. The second kappa shape index (κ2) is 4.00. The summed E-state index contributed by atoms with van der Waals surface area (Å²) in [6.45, 7) is 1.63. The van der Waals surface area contributed by atoms with E-state index in [0.717, 1.165) is 0 Å². The van der Waals surface area contributed by atoms with E-state index in [9.17, 15) is 4.79 Å². The van der Waals surface area contributed by atoms with Gasteiger partial charge in [-0.15, -0.1) is 0 Å². The van der Waals surface area contributed by atoms with Crippen molar-refractivity contribution in [3.63, 3.8) is 0 Å². The highest BCUT2D eigenvalue weighted by molar-refractivity contribution is 5.87. The molecular formula is C9H11NO3. The number of carboxylic acid groups (broad SMARTS) is 1. The van der Waals surface area contributed by atoms with Crippen molar-refractivity contribution >= 4 is 5.97 Å². The van der Waals surface area contributed by atoms with Crippen LogP contribution in [0.25, 0.3) is 0 Å². The fraction of sp³-hybridized carbons (Fsp3) is 0.333. The van der Waals surface area contributed by atoms with E-state index in [0.29, 0.717) is 17.7 Å². The fourth-order valence-corrected chi connectivity index (χ4v) is 1.09. The maximum atomic E-state index is 10.7. The van der Waals surface area contributed by atoms with Crippen molar-refractivity contribution in [3.8, 4) is 0 Å². The summed E-state index contributed by atoms with van der Waals surface area (Å²) >= 11 is 0. The molecule has 0 saturated heterocycles. The molecule has 2 N–H and O–H groups in total. The molecule has 0 aromatic carbocycles. The Labute approximate surface area is 75.9 Å². The third-order valence-corrected chi connectivity index (χ3v) is 1.78. The quantitative estimate of drug-likeness (QED) is 0.724. The monoisotopic (exact) mass is 181 g/mol. The molecule has 13 heavy (non-hydrogen) atoms. The summed E-state index contributed by atoms with van der Waals surface area (Å²) in [5.74, 6) is -1.05. The zero-order valence-electron chi connectivity index (χ0n) is 7.32. The third kappa shape index (κ3) is 2.03. The summed E-state index contributed by atoms with van der Waals surface area (Å²) in [7, 11) is 0. The highest BCUT2D eigenvalue weighted by Gasteiger charge is 2.10. The second-order valence-electron chi connectivity index (χ2n) is 2.63. The first-order valence-electron chi connectivity index (χ1n) is 4.02. The summed E-state index contributed by atoms with van der Waals surface area (Å²) in [6, 6.07) is 3.31. The van der Waals surface area contributed by atoms with Crippen molar-refractivity contribution in [1.82, 2.24) is 4.98 Å². The lowest BCUT2D eigenvalue weighted by atomic mass is 10.1. The van der Waals surface area contributed by atoms with Crippen LogP contribution in [0.1, 0.15) is 28.7 Å². The average Bonchev–Trinajstić information content (AvgIpc) is 2.16. The number of aromatic nitrogens is 1. The summed E-state index contributed by atoms with van der Waals surface area (Å²) in [5.41, 5.74) is 1.10. The van der Waals surface area contributed by atoms with Crippen LogP contribution in [0.15, 0.2) is 12.1 Å². The van der Waals surface area contributed by atoms with Crippen molar-refractivity contribution in [2.75, 3.05) is 0 Å². The molecule has 0 amide bonds. The molecule has 0 bridgehead atoms. The van der Waals surface area contributed by atoms with Crippen molar-refractivity contribution in [1.29, 1.82) is 0 Å². The minimum Gasteiger partial charge on any atom is -0.477 e. The topological polar surface area (TPSA) is 70.4 Å². The first-order valence-corrected chi connectivity index (χ1v) is 4.02. The summed E-state index contributed by atoms with van der Waals surface area (Å²) < 4.78 is 0. The van der Waals surface area contributed by atoms with Crippen LogP contribution in [-0.4, -0.2) is 21.2 Å². The fourth-order valence-electron chi connectivity index (χ4n) is 1.09. The van der Waals surface area contributed by atoms with E-state index in [2.05, 4.69) is 4.98 Å². The van der Waals surface area contributed by atoms with E-state index in [1.807, 2.05) is 6.92 Å². The molecule has 0 fully saturated rings. The molecule has 1 aromatic heterocycles. The normalized spacial score (nSPS) is 10.0. The van der Waals surface area contributed by atoms with Gasteiger partial charge in [-0.05, 0) is 18.1 Å². The highest BCUT2D eigenvalue weighted by Crippen LogP contribution is 2.08. The molecule has 0 aliphatic heterocycles. The van der Waals surface area contributed by atoms with Gasteiger partial charge in [0.2, 0.25) is 0 Å². The Bertz CT molecular complexity index is 323. The Hall–Kier alpha value is -1.42. The zero-order chi connectivity index (χ0) is 9.84. The van der Waals surface area contributed by atoms with Crippen LogP contribution < -0.4 is 0 Å². The standard InChI is InChI=1S/C9H11NO3/c1-2-6-3-4-7(5-11)10-8(6)9(12)13/h3-4,11H,2,5H2,1H3,(H,12,13). The molecule has 1 rings (SSSR count). The Morgan fingerprint density at radius 3 is 2.69 bits per heavy atom. The maximum Gasteiger partial charge on any atom is 0.354 e. The summed E-state index contributed by atoms with van der Waals surface area (Å²) in [4.78, 5) is 14.5. The van der Waals surface area contributed by atoms with Crippen LogP contribution in [0, 0.1) is 0 Å². The van der Waals surface area contributed by atoms with Crippen molar-refractivity contribution in [2.45, 2.75) is 20.0 Å². The number of carbonyl (C=O) groups is 1. The lowest BCUT2D eigenvalue weighted by molar-refractivity contribution is 0.0688. The number of rotatable bonds is 3. The number of aliphatic hydroxyl groups excluding tert-OH is 1. The van der Waals surface area contributed by atoms with Crippen LogP contribution in [-0.2, 0) is 13.0 Å². The molecule has 1 heterocycles. The van der Waals surface area contributed by atoms with Gasteiger partial charge in [-0.3, -0.25) is 0 Å². The van der Waals surface area contributed by atoms with E-state index < -0.39 is 5.97 Å². The van der Waals surface area contributed by atoms with Crippen molar-refractivity contribution in [3.05, 3.63) is 29.1 Å². The lowest BCUT2D eigenvalue weighted by Crippen LogP contribution is -2.07. The van der Waals surface area contributed by atoms with Gasteiger partial charge >= 0.3 is 5.97 Å². The van der Waals surface area contributed by atoms with Crippen LogP contribution in [0.5, 0.6) is 0 Å². The second-order valence-corrected chi connectivity index (χ2v) is 2.63. The third-order valence-electron chi connectivity index (χ3n) is 1.78. The molecular weight excluding hydrogens is 170 g/mol. The average molecular weight is 181 g/mol. The van der Waals surface area contributed by atoms with Crippen molar-refractivity contribution in [2.24, 2.45) is 0 Å². The van der Waals surface area contributed by atoms with E-state index in [1.54, 1.807) is 12.1 Å². The molecule has 4 heteroatoms. The van der Waals surface area contributed by atoms with Gasteiger partial charge in [0.25, 0.3) is 0 Å². The highest BCUT2D eigenvalue weighted by atomic mass is 16.4. The summed E-state index contributed by atoms with van der Waals surface area (Å²) in [5, 5.41) is 17.5. The summed E-state index contributed by atoms with van der Waals surface area (Å²) in [6.07, 6.45) is 0.625. The van der Waals surface area contributed by atoms with E-state index in [4.69, 9.17) is 10.2 Å². The number of carboxylic acids is 1. The molecule has 70 valence electrons. The molecule has 0 spiro atoms. The Balaban J connectivity index is 3.18. The van der Waals surface area contributed by atoms with Gasteiger partial charge in [-0.2, -0.15) is 0 Å². The molecule has 0 atom stereocenters. The number of aliphatic hydroxyl groups is 1. The van der Waals surface area contributed by atoms with E-state index >= 15 is 0 Å². The van der Waals surface area contributed by atoms with Crippen LogP contribution in [0.2, 0.25) is 0 Å². The van der Waals surface area contributed by atoms with Crippen molar-refractivity contribution < 1.29 is 15.0 Å². The minimum atomic E-state index is -1.05. The number of hydrogen-bond donors (Lipinski definition) is 2. The molecule has 0 saturated carbocycles. The number of aromatic carboxylic acids is 1. The maximum absolute atomic E-state index is 10.7. The first kappa shape index (κ1) is 9.67. The number of pyridine rings is 1. The van der Waals surface area contributed by atoms with Crippen LogP contribution in [0.4, 0.5) is 0 Å². The van der Waals surface area contributed by atoms with Gasteiger partial charge in [-0.25, -0.2) is 9.78 Å². The molecule has 4 nitrogen and oxygen atoms in total. The Morgan fingerprint density at radius 2 is 2.23 bits per heavy atom. The molecule has 0 unspecified atom stereocenters.